The summed E-state index contributed by atoms with van der Waals surface area (Å²) in [6.07, 6.45) is 2.36. The van der Waals surface area contributed by atoms with Gasteiger partial charge in [-0.25, -0.2) is 4.79 Å². The average Bonchev–Trinajstić information content (AvgIpc) is 2.58. The zero-order valence-electron chi connectivity index (χ0n) is 14.2. The van der Waals surface area contributed by atoms with Gasteiger partial charge in [-0.05, 0) is 25.5 Å². The van der Waals surface area contributed by atoms with Crippen LogP contribution >= 0.6 is 0 Å². The van der Waals surface area contributed by atoms with E-state index in [9.17, 15) is 14.8 Å². The van der Waals surface area contributed by atoms with Crippen molar-refractivity contribution in [3.8, 4) is 5.75 Å². The molecule has 1 heterocycles. The Morgan fingerprint density at radius 1 is 1.16 bits per heavy atom. The van der Waals surface area contributed by atoms with E-state index in [1.165, 1.54) is 24.5 Å². The Kier molecular flexibility index (Phi) is 6.33. The lowest BCUT2D eigenvalue weighted by Gasteiger charge is -2.10. The number of nitrogens with one attached hydrogen (secondary N) is 1. The molecule has 0 unspecified atom stereocenters. The van der Waals surface area contributed by atoms with Crippen LogP contribution in [0.4, 0.5) is 0 Å². The first-order chi connectivity index (χ1) is 12.0. The van der Waals surface area contributed by atoms with Gasteiger partial charge in [0.05, 0.1) is 12.1 Å². The Morgan fingerprint density at radius 3 is 2.56 bits per heavy atom. The number of hydrogen-bond donors (Lipinski definition) is 1. The van der Waals surface area contributed by atoms with Gasteiger partial charge >= 0.3 is 5.97 Å². The second-order valence-electron chi connectivity index (χ2n) is 5.49. The Labute approximate surface area is 145 Å². The van der Waals surface area contributed by atoms with E-state index >= 15 is 0 Å². The number of esters is 1. The molecule has 2 rings (SSSR count). The third-order valence-electron chi connectivity index (χ3n) is 3.38. The molecule has 0 aliphatic rings. The Bertz CT molecular complexity index is 744. The van der Waals surface area contributed by atoms with E-state index in [4.69, 9.17) is 9.47 Å². The van der Waals surface area contributed by atoms with Crippen LogP contribution in [-0.2, 0) is 9.53 Å². The molecule has 1 N–H and O–H groups in total. The number of aryl methyl sites for hydroxylation is 2. The lowest BCUT2D eigenvalue weighted by molar-refractivity contribution is -0.605. The van der Waals surface area contributed by atoms with Gasteiger partial charge in [0.15, 0.2) is 19.0 Å². The molecule has 0 spiro atoms. The van der Waals surface area contributed by atoms with Crippen molar-refractivity contribution in [1.29, 1.82) is 0 Å². The Hall–Kier alpha value is -3.09. The maximum absolute atomic E-state index is 11.7. The van der Waals surface area contributed by atoms with Crippen molar-refractivity contribution in [2.24, 2.45) is 0 Å². The fraction of sp³-hybridized carbons (Fsp3) is 0.278. The van der Waals surface area contributed by atoms with Crippen LogP contribution < -0.4 is 14.8 Å². The smallest absolute Gasteiger partial charge is 0.339 e. The van der Waals surface area contributed by atoms with E-state index in [1.54, 1.807) is 0 Å². The van der Waals surface area contributed by atoms with Gasteiger partial charge in [-0.15, -0.1) is 0 Å². The zero-order valence-corrected chi connectivity index (χ0v) is 14.2. The third kappa shape index (κ3) is 5.80. The predicted octanol–water partition coefficient (Wildman–Crippen LogP) is 1.29. The van der Waals surface area contributed by atoms with Crippen molar-refractivity contribution in [2.75, 3.05) is 19.8 Å². The fourth-order valence-electron chi connectivity index (χ4n) is 2.13. The molecule has 7 nitrogen and oxygen atoms in total. The minimum Gasteiger partial charge on any atom is -0.619 e. The molecule has 1 aromatic carbocycles. The van der Waals surface area contributed by atoms with Gasteiger partial charge in [-0.2, -0.15) is 4.73 Å². The predicted molar refractivity (Wildman–Crippen MR) is 90.1 cm³/mol. The zero-order chi connectivity index (χ0) is 18.2. The van der Waals surface area contributed by atoms with Crippen LogP contribution in [0.5, 0.6) is 5.75 Å². The van der Waals surface area contributed by atoms with E-state index in [-0.39, 0.29) is 5.56 Å². The molecule has 0 atom stereocenters. The SMILES string of the molecule is Cc1ccc(OCCNC(=O)COC(=O)c2cc[n+]([O-])cc2)c(C)c1. The van der Waals surface area contributed by atoms with Crippen LogP contribution in [0.2, 0.25) is 0 Å². The minimum atomic E-state index is -0.665. The summed E-state index contributed by atoms with van der Waals surface area (Å²) >= 11 is 0. The summed E-state index contributed by atoms with van der Waals surface area (Å²) in [5.74, 6) is -0.319. The number of pyridine rings is 1. The highest BCUT2D eigenvalue weighted by molar-refractivity contribution is 5.91. The fourth-order valence-corrected chi connectivity index (χ4v) is 2.13. The van der Waals surface area contributed by atoms with Crippen LogP contribution in [-0.4, -0.2) is 31.6 Å². The first kappa shape index (κ1) is 18.3. The third-order valence-corrected chi connectivity index (χ3v) is 3.38. The summed E-state index contributed by atoms with van der Waals surface area (Å²) < 4.78 is 11.0. The average molecular weight is 344 g/mol. The molecule has 0 aliphatic heterocycles. The van der Waals surface area contributed by atoms with E-state index in [0.29, 0.717) is 17.9 Å². The van der Waals surface area contributed by atoms with Gasteiger partial charge in [0, 0.05) is 12.1 Å². The van der Waals surface area contributed by atoms with E-state index < -0.39 is 18.5 Å². The topological polar surface area (TPSA) is 91.6 Å². The van der Waals surface area contributed by atoms with E-state index in [0.717, 1.165) is 16.9 Å². The van der Waals surface area contributed by atoms with Crippen molar-refractivity contribution in [3.63, 3.8) is 0 Å². The number of carbonyl (C=O) groups is 2. The second kappa shape index (κ2) is 8.68. The molecule has 0 bridgehead atoms. The first-order valence-corrected chi connectivity index (χ1v) is 7.78. The highest BCUT2D eigenvalue weighted by Gasteiger charge is 2.11. The number of aromatic nitrogens is 1. The van der Waals surface area contributed by atoms with Crippen LogP contribution in [0.25, 0.3) is 0 Å². The molecule has 0 aliphatic carbocycles. The standard InChI is InChI=1S/C18H20N2O5/c1-13-3-4-16(14(2)11-13)24-10-7-19-17(21)12-25-18(22)15-5-8-20(23)9-6-15/h3-6,8-9,11H,7,10,12H2,1-2H3,(H,19,21). The van der Waals surface area contributed by atoms with Crippen LogP contribution in [0, 0.1) is 19.1 Å². The van der Waals surface area contributed by atoms with Gasteiger partial charge < -0.3 is 20.0 Å². The van der Waals surface area contributed by atoms with Crippen molar-refractivity contribution >= 4 is 11.9 Å². The van der Waals surface area contributed by atoms with Crippen LogP contribution in [0.15, 0.2) is 42.7 Å². The normalized spacial score (nSPS) is 10.2. The molecule has 0 radical (unpaired) electrons. The van der Waals surface area contributed by atoms with Crippen molar-refractivity contribution in [2.45, 2.75) is 13.8 Å². The number of hydrogen-bond acceptors (Lipinski definition) is 5. The van der Waals surface area contributed by atoms with Gasteiger partial charge in [0.1, 0.15) is 12.4 Å². The number of carbonyl (C=O) groups excluding carboxylic acids is 2. The lowest BCUT2D eigenvalue weighted by Crippen LogP contribution is -2.32. The molecule has 2 aromatic rings. The number of rotatable bonds is 7. The molecule has 7 heteroatoms. The molecule has 1 amide bonds. The molecule has 0 saturated carbocycles. The monoisotopic (exact) mass is 344 g/mol. The summed E-state index contributed by atoms with van der Waals surface area (Å²) in [5.41, 5.74) is 2.39. The van der Waals surface area contributed by atoms with Gasteiger partial charge in [0.2, 0.25) is 0 Å². The molecule has 1 aromatic heterocycles. The largest absolute Gasteiger partial charge is 0.619 e. The highest BCUT2D eigenvalue weighted by Crippen LogP contribution is 2.18. The summed E-state index contributed by atoms with van der Waals surface area (Å²) in [6.45, 7) is 4.18. The first-order valence-electron chi connectivity index (χ1n) is 7.78. The van der Waals surface area contributed by atoms with Crippen LogP contribution in [0.1, 0.15) is 21.5 Å². The molecule has 132 valence electrons. The summed E-state index contributed by atoms with van der Waals surface area (Å²) in [4.78, 5) is 23.4. The van der Waals surface area contributed by atoms with Gasteiger partial charge in [0.25, 0.3) is 5.91 Å². The molecule has 0 fully saturated rings. The lowest BCUT2D eigenvalue weighted by atomic mass is 10.1. The summed E-state index contributed by atoms with van der Waals surface area (Å²) in [5, 5.41) is 13.5. The number of ether oxygens (including phenoxy) is 2. The number of benzene rings is 1. The summed E-state index contributed by atoms with van der Waals surface area (Å²) in [6, 6.07) is 8.51. The quantitative estimate of drug-likeness (QED) is 0.354. The second-order valence-corrected chi connectivity index (χ2v) is 5.49. The highest BCUT2D eigenvalue weighted by atomic mass is 16.5. The maximum atomic E-state index is 11.7. The number of amides is 1. The summed E-state index contributed by atoms with van der Waals surface area (Å²) in [7, 11) is 0. The van der Waals surface area contributed by atoms with E-state index in [2.05, 4.69) is 5.32 Å². The Balaban J connectivity index is 1.67. The van der Waals surface area contributed by atoms with Crippen molar-refractivity contribution in [3.05, 3.63) is 64.6 Å². The van der Waals surface area contributed by atoms with Crippen molar-refractivity contribution < 1.29 is 23.8 Å². The van der Waals surface area contributed by atoms with Gasteiger partial charge in [-0.3, -0.25) is 4.79 Å². The molecule has 0 saturated heterocycles. The Morgan fingerprint density at radius 2 is 1.88 bits per heavy atom. The maximum Gasteiger partial charge on any atom is 0.339 e. The molecular formula is C18H20N2O5. The molecular weight excluding hydrogens is 324 g/mol. The minimum absolute atomic E-state index is 0.207. The number of nitrogens with zero attached hydrogens (tertiary/aromatic N) is 1. The van der Waals surface area contributed by atoms with Crippen molar-refractivity contribution in [1.82, 2.24) is 5.32 Å². The van der Waals surface area contributed by atoms with Crippen LogP contribution in [0.3, 0.4) is 0 Å². The molecule has 25 heavy (non-hydrogen) atoms. The van der Waals surface area contributed by atoms with Gasteiger partial charge in [-0.1, -0.05) is 17.7 Å². The van der Waals surface area contributed by atoms with E-state index in [1.807, 2.05) is 32.0 Å².